The molecule has 0 fully saturated rings. The maximum absolute atomic E-state index is 9.21. The van der Waals surface area contributed by atoms with Gasteiger partial charge in [-0.25, -0.2) is 0 Å². The van der Waals surface area contributed by atoms with E-state index in [1.165, 1.54) is 0 Å². The van der Waals surface area contributed by atoms with E-state index in [1.807, 2.05) is 0 Å². The molecule has 0 aromatic heterocycles. The van der Waals surface area contributed by atoms with Crippen LogP contribution in [0.4, 0.5) is 0 Å². The van der Waals surface area contributed by atoms with E-state index in [-0.39, 0.29) is 6.61 Å². The molecule has 2 N–H and O–H groups in total. The summed E-state index contributed by atoms with van der Waals surface area (Å²) >= 11 is 0. The molecule has 4 heteroatoms. The SMILES string of the molecule is COCC(O)COCCCCCCO. The summed E-state index contributed by atoms with van der Waals surface area (Å²) in [6.45, 7) is 1.61. The monoisotopic (exact) mass is 206 g/mol. The van der Waals surface area contributed by atoms with Gasteiger partial charge in [0.15, 0.2) is 0 Å². The highest BCUT2D eigenvalue weighted by Crippen LogP contribution is 1.99. The molecule has 0 aliphatic heterocycles. The van der Waals surface area contributed by atoms with E-state index < -0.39 is 6.10 Å². The molecule has 0 aliphatic carbocycles. The molecule has 0 saturated carbocycles. The van der Waals surface area contributed by atoms with Crippen LogP contribution in [0.25, 0.3) is 0 Å². The highest BCUT2D eigenvalue weighted by Gasteiger charge is 2.02. The lowest BCUT2D eigenvalue weighted by atomic mass is 10.2. The molecule has 0 aliphatic rings. The summed E-state index contributed by atoms with van der Waals surface area (Å²) in [6, 6.07) is 0. The predicted molar refractivity (Wildman–Crippen MR) is 54.3 cm³/mol. The van der Waals surface area contributed by atoms with Crippen molar-refractivity contribution in [2.75, 3.05) is 33.5 Å². The molecule has 86 valence electrons. The first-order valence-corrected chi connectivity index (χ1v) is 5.17. The molecule has 0 aromatic rings. The molecular formula is C10H22O4. The second-order valence-corrected chi connectivity index (χ2v) is 3.32. The first-order chi connectivity index (χ1) is 6.81. The van der Waals surface area contributed by atoms with Crippen molar-refractivity contribution >= 4 is 0 Å². The zero-order valence-electron chi connectivity index (χ0n) is 8.95. The quantitative estimate of drug-likeness (QED) is 0.513. The lowest BCUT2D eigenvalue weighted by molar-refractivity contribution is -0.00686. The average molecular weight is 206 g/mol. The maximum Gasteiger partial charge on any atom is 0.101 e. The van der Waals surface area contributed by atoms with Crippen molar-refractivity contribution < 1.29 is 19.7 Å². The molecule has 0 aromatic carbocycles. The van der Waals surface area contributed by atoms with Crippen LogP contribution in [0, 0.1) is 0 Å². The zero-order chi connectivity index (χ0) is 10.6. The fourth-order valence-corrected chi connectivity index (χ4v) is 1.13. The molecule has 4 nitrogen and oxygen atoms in total. The van der Waals surface area contributed by atoms with E-state index >= 15 is 0 Å². The van der Waals surface area contributed by atoms with Crippen LogP contribution in [0.5, 0.6) is 0 Å². The first kappa shape index (κ1) is 13.8. The third-order valence-electron chi connectivity index (χ3n) is 1.87. The molecule has 0 rings (SSSR count). The number of aliphatic hydroxyl groups is 2. The normalized spacial score (nSPS) is 13.1. The zero-order valence-corrected chi connectivity index (χ0v) is 8.95. The van der Waals surface area contributed by atoms with Gasteiger partial charge in [0.25, 0.3) is 0 Å². The number of hydrogen-bond acceptors (Lipinski definition) is 4. The molecule has 1 unspecified atom stereocenters. The largest absolute Gasteiger partial charge is 0.396 e. The third kappa shape index (κ3) is 9.92. The number of ether oxygens (including phenoxy) is 2. The Hall–Kier alpha value is -0.160. The van der Waals surface area contributed by atoms with Gasteiger partial charge in [-0.2, -0.15) is 0 Å². The van der Waals surface area contributed by atoms with Gasteiger partial charge in [0.05, 0.1) is 13.2 Å². The van der Waals surface area contributed by atoms with Gasteiger partial charge in [0.1, 0.15) is 6.10 Å². The van der Waals surface area contributed by atoms with Gasteiger partial charge in [0, 0.05) is 20.3 Å². The average Bonchev–Trinajstić information content (AvgIpc) is 2.17. The van der Waals surface area contributed by atoms with E-state index in [1.54, 1.807) is 7.11 Å². The molecule has 14 heavy (non-hydrogen) atoms. The van der Waals surface area contributed by atoms with Crippen molar-refractivity contribution in [1.82, 2.24) is 0 Å². The van der Waals surface area contributed by atoms with Crippen LogP contribution in [0.1, 0.15) is 25.7 Å². The van der Waals surface area contributed by atoms with Gasteiger partial charge in [-0.15, -0.1) is 0 Å². The van der Waals surface area contributed by atoms with Crippen LogP contribution in [-0.2, 0) is 9.47 Å². The lowest BCUT2D eigenvalue weighted by Gasteiger charge is -2.09. The van der Waals surface area contributed by atoms with Gasteiger partial charge < -0.3 is 19.7 Å². The first-order valence-electron chi connectivity index (χ1n) is 5.17. The Balaban J connectivity index is 2.98. The molecule has 0 saturated heterocycles. The van der Waals surface area contributed by atoms with Crippen molar-refractivity contribution in [2.24, 2.45) is 0 Å². The predicted octanol–water partition coefficient (Wildman–Crippen LogP) is 0.563. The Bertz CT molecular complexity index is 108. The molecule has 0 amide bonds. The summed E-state index contributed by atoms with van der Waals surface area (Å²) in [6.07, 6.45) is 3.45. The Morgan fingerprint density at radius 2 is 1.79 bits per heavy atom. The Morgan fingerprint density at radius 1 is 1.07 bits per heavy atom. The minimum Gasteiger partial charge on any atom is -0.396 e. The van der Waals surface area contributed by atoms with Gasteiger partial charge in [0.2, 0.25) is 0 Å². The van der Waals surface area contributed by atoms with Crippen LogP contribution >= 0.6 is 0 Å². The molecule has 0 heterocycles. The number of aliphatic hydroxyl groups excluding tert-OH is 2. The van der Waals surface area contributed by atoms with Crippen LogP contribution in [0.15, 0.2) is 0 Å². The highest BCUT2D eigenvalue weighted by atomic mass is 16.5. The van der Waals surface area contributed by atoms with E-state index in [0.29, 0.717) is 19.8 Å². The van der Waals surface area contributed by atoms with Crippen molar-refractivity contribution in [2.45, 2.75) is 31.8 Å². The molecule has 0 bridgehead atoms. The smallest absolute Gasteiger partial charge is 0.101 e. The van der Waals surface area contributed by atoms with E-state index in [2.05, 4.69) is 0 Å². The molecule has 1 atom stereocenters. The van der Waals surface area contributed by atoms with Crippen LogP contribution in [0.3, 0.4) is 0 Å². The molecule has 0 spiro atoms. The maximum atomic E-state index is 9.21. The Kier molecular flexibility index (Phi) is 10.8. The van der Waals surface area contributed by atoms with Gasteiger partial charge in [-0.1, -0.05) is 12.8 Å². The Morgan fingerprint density at radius 3 is 2.43 bits per heavy atom. The topological polar surface area (TPSA) is 58.9 Å². The Labute approximate surface area is 85.8 Å². The van der Waals surface area contributed by atoms with Crippen LogP contribution in [0.2, 0.25) is 0 Å². The van der Waals surface area contributed by atoms with Crippen molar-refractivity contribution in [3.05, 3.63) is 0 Å². The minimum atomic E-state index is -0.516. The summed E-state index contributed by atoms with van der Waals surface area (Å²) in [4.78, 5) is 0. The van der Waals surface area contributed by atoms with E-state index in [0.717, 1.165) is 25.7 Å². The lowest BCUT2D eigenvalue weighted by Crippen LogP contribution is -2.21. The van der Waals surface area contributed by atoms with E-state index in [9.17, 15) is 5.11 Å². The molecular weight excluding hydrogens is 184 g/mol. The standard InChI is InChI=1S/C10H22O4/c1-13-8-10(12)9-14-7-5-3-2-4-6-11/h10-12H,2-9H2,1H3. The van der Waals surface area contributed by atoms with Crippen molar-refractivity contribution in [3.8, 4) is 0 Å². The second-order valence-electron chi connectivity index (χ2n) is 3.32. The fourth-order valence-electron chi connectivity index (χ4n) is 1.13. The summed E-state index contributed by atoms with van der Waals surface area (Å²) in [7, 11) is 1.55. The van der Waals surface area contributed by atoms with Crippen molar-refractivity contribution in [3.63, 3.8) is 0 Å². The summed E-state index contributed by atoms with van der Waals surface area (Å²) in [5.41, 5.74) is 0. The third-order valence-corrected chi connectivity index (χ3v) is 1.87. The number of hydrogen-bond donors (Lipinski definition) is 2. The fraction of sp³-hybridized carbons (Fsp3) is 1.00. The summed E-state index contributed by atoms with van der Waals surface area (Å²) in [5, 5.41) is 17.7. The summed E-state index contributed by atoms with van der Waals surface area (Å²) in [5.74, 6) is 0. The number of unbranched alkanes of at least 4 members (excludes halogenated alkanes) is 3. The molecule has 0 radical (unpaired) electrons. The second kappa shape index (κ2) is 10.9. The van der Waals surface area contributed by atoms with E-state index in [4.69, 9.17) is 14.6 Å². The summed E-state index contributed by atoms with van der Waals surface area (Å²) < 4.78 is 9.99. The minimum absolute atomic E-state index is 0.271. The van der Waals surface area contributed by atoms with Gasteiger partial charge >= 0.3 is 0 Å². The van der Waals surface area contributed by atoms with Gasteiger partial charge in [-0.05, 0) is 12.8 Å². The number of rotatable bonds is 10. The van der Waals surface area contributed by atoms with Crippen LogP contribution < -0.4 is 0 Å². The highest BCUT2D eigenvalue weighted by molar-refractivity contribution is 4.50. The van der Waals surface area contributed by atoms with Gasteiger partial charge in [-0.3, -0.25) is 0 Å². The number of methoxy groups -OCH3 is 1. The van der Waals surface area contributed by atoms with Crippen LogP contribution in [-0.4, -0.2) is 49.9 Å². The van der Waals surface area contributed by atoms with Crippen molar-refractivity contribution in [1.29, 1.82) is 0 Å².